The summed E-state index contributed by atoms with van der Waals surface area (Å²) < 4.78 is 7.69. The lowest BCUT2D eigenvalue weighted by atomic mass is 10.2. The molecule has 0 bridgehead atoms. The minimum absolute atomic E-state index is 0.371. The van der Waals surface area contributed by atoms with Crippen molar-refractivity contribution in [3.05, 3.63) is 89.9 Å². The van der Waals surface area contributed by atoms with Crippen LogP contribution >= 0.6 is 23.2 Å². The minimum atomic E-state index is 0.371. The molecule has 0 saturated carbocycles. The van der Waals surface area contributed by atoms with Crippen molar-refractivity contribution >= 4 is 34.3 Å². The lowest BCUT2D eigenvalue weighted by molar-refractivity contribution is 0.559. The third-order valence-corrected chi connectivity index (χ3v) is 4.35. The zero-order valence-corrected chi connectivity index (χ0v) is 15.0. The van der Waals surface area contributed by atoms with Crippen LogP contribution in [0.5, 0.6) is 0 Å². The van der Waals surface area contributed by atoms with Crippen LogP contribution in [0.3, 0.4) is 0 Å². The van der Waals surface area contributed by atoms with E-state index in [4.69, 9.17) is 27.6 Å². The molecule has 0 unspecified atom stereocenters. The summed E-state index contributed by atoms with van der Waals surface area (Å²) >= 11 is 12.3. The molecule has 26 heavy (non-hydrogen) atoms. The van der Waals surface area contributed by atoms with Gasteiger partial charge in [0.2, 0.25) is 5.89 Å². The average molecular weight is 382 g/mol. The van der Waals surface area contributed by atoms with E-state index in [1.54, 1.807) is 30.9 Å². The zero-order valence-electron chi connectivity index (χ0n) is 13.5. The van der Waals surface area contributed by atoms with Crippen molar-refractivity contribution in [3.8, 4) is 17.0 Å². The summed E-state index contributed by atoms with van der Waals surface area (Å²) in [6.45, 7) is 0. The van der Waals surface area contributed by atoms with E-state index < -0.39 is 0 Å². The van der Waals surface area contributed by atoms with E-state index in [1.165, 1.54) is 0 Å². The van der Waals surface area contributed by atoms with Gasteiger partial charge in [-0.1, -0.05) is 35.3 Å². The van der Waals surface area contributed by atoms with Gasteiger partial charge >= 0.3 is 0 Å². The van der Waals surface area contributed by atoms with Crippen LogP contribution in [0.1, 0.15) is 11.5 Å². The summed E-state index contributed by atoms with van der Waals surface area (Å²) in [6, 6.07) is 15.3. The molecule has 0 spiro atoms. The van der Waals surface area contributed by atoms with Crippen LogP contribution in [0.15, 0.2) is 77.9 Å². The standard InChI is InChI=1S/C20H13Cl2N3O/c21-16-5-3-15(4-6-16)19-12-24-20(26-19)18(22)11-14-1-7-17(8-2-14)25-10-9-23-13-25/h1-13H. The molecule has 0 N–H and O–H groups in total. The van der Waals surface area contributed by atoms with Crippen LogP contribution in [0.2, 0.25) is 5.02 Å². The van der Waals surface area contributed by atoms with Crippen molar-refractivity contribution < 1.29 is 4.42 Å². The molecule has 0 radical (unpaired) electrons. The Balaban J connectivity index is 1.55. The number of hydrogen-bond acceptors (Lipinski definition) is 3. The first-order chi connectivity index (χ1) is 12.7. The van der Waals surface area contributed by atoms with E-state index in [9.17, 15) is 0 Å². The van der Waals surface area contributed by atoms with Crippen molar-refractivity contribution in [3.63, 3.8) is 0 Å². The molecule has 0 atom stereocenters. The molecule has 4 nitrogen and oxygen atoms in total. The number of oxazole rings is 1. The first-order valence-corrected chi connectivity index (χ1v) is 8.62. The second kappa shape index (κ2) is 7.20. The highest BCUT2D eigenvalue weighted by Gasteiger charge is 2.09. The Labute approximate surface area is 160 Å². The van der Waals surface area contributed by atoms with Gasteiger partial charge in [-0.3, -0.25) is 0 Å². The smallest absolute Gasteiger partial charge is 0.238 e. The molecule has 0 aliphatic rings. The van der Waals surface area contributed by atoms with Gasteiger partial charge in [0.1, 0.15) is 5.03 Å². The quantitative estimate of drug-likeness (QED) is 0.440. The molecule has 6 heteroatoms. The van der Waals surface area contributed by atoms with E-state index in [0.29, 0.717) is 21.7 Å². The van der Waals surface area contributed by atoms with Crippen molar-refractivity contribution in [1.82, 2.24) is 14.5 Å². The first-order valence-electron chi connectivity index (χ1n) is 7.87. The van der Waals surface area contributed by atoms with E-state index in [2.05, 4.69) is 9.97 Å². The monoisotopic (exact) mass is 381 g/mol. The molecule has 0 aliphatic heterocycles. The van der Waals surface area contributed by atoms with Gasteiger partial charge in [0.25, 0.3) is 0 Å². The Hall–Kier alpha value is -2.82. The van der Waals surface area contributed by atoms with Crippen molar-refractivity contribution in [2.24, 2.45) is 0 Å². The minimum Gasteiger partial charge on any atom is -0.435 e. The molecular formula is C20H13Cl2N3O. The van der Waals surface area contributed by atoms with E-state index in [1.807, 2.05) is 53.2 Å². The topological polar surface area (TPSA) is 43.9 Å². The predicted molar refractivity (Wildman–Crippen MR) is 104 cm³/mol. The highest BCUT2D eigenvalue weighted by molar-refractivity contribution is 6.50. The molecule has 0 saturated heterocycles. The molecular weight excluding hydrogens is 369 g/mol. The molecule has 2 aromatic carbocycles. The fourth-order valence-electron chi connectivity index (χ4n) is 2.49. The maximum absolute atomic E-state index is 6.37. The number of nitrogens with zero attached hydrogens (tertiary/aromatic N) is 3. The second-order valence-corrected chi connectivity index (χ2v) is 6.43. The Bertz CT molecular complexity index is 1030. The Morgan fingerprint density at radius 3 is 2.50 bits per heavy atom. The molecule has 2 heterocycles. The van der Waals surface area contributed by atoms with Crippen LogP contribution in [-0.4, -0.2) is 14.5 Å². The second-order valence-electron chi connectivity index (χ2n) is 5.59. The molecule has 4 aromatic rings. The van der Waals surface area contributed by atoms with Crippen LogP contribution < -0.4 is 0 Å². The van der Waals surface area contributed by atoms with Gasteiger partial charge in [0.15, 0.2) is 5.76 Å². The van der Waals surface area contributed by atoms with E-state index >= 15 is 0 Å². The first kappa shape index (κ1) is 16.6. The maximum atomic E-state index is 6.37. The highest BCUT2D eigenvalue weighted by Crippen LogP contribution is 2.28. The zero-order chi connectivity index (χ0) is 17.9. The molecule has 2 aromatic heterocycles. The van der Waals surface area contributed by atoms with Crippen LogP contribution in [0, 0.1) is 0 Å². The van der Waals surface area contributed by atoms with Gasteiger partial charge in [-0.2, -0.15) is 0 Å². The van der Waals surface area contributed by atoms with Crippen molar-refractivity contribution in [2.75, 3.05) is 0 Å². The molecule has 0 fully saturated rings. The lowest BCUT2D eigenvalue weighted by Crippen LogP contribution is -1.89. The SMILES string of the molecule is ClC(=Cc1ccc(-n2ccnc2)cc1)c1ncc(-c2ccc(Cl)cc2)o1. The molecule has 0 aliphatic carbocycles. The number of hydrogen-bond donors (Lipinski definition) is 0. The number of halogens is 2. The van der Waals surface area contributed by atoms with Gasteiger partial charge in [-0.15, -0.1) is 0 Å². The third-order valence-electron chi connectivity index (χ3n) is 3.83. The highest BCUT2D eigenvalue weighted by atomic mass is 35.5. The van der Waals surface area contributed by atoms with E-state index in [0.717, 1.165) is 16.8 Å². The summed E-state index contributed by atoms with van der Waals surface area (Å²) in [5.74, 6) is 1.01. The average Bonchev–Trinajstić information content (AvgIpc) is 3.35. The van der Waals surface area contributed by atoms with Gasteiger partial charge < -0.3 is 8.98 Å². The molecule has 4 rings (SSSR count). The number of imidazole rings is 1. The summed E-state index contributed by atoms with van der Waals surface area (Å²) in [7, 11) is 0. The third kappa shape index (κ3) is 3.57. The van der Waals surface area contributed by atoms with E-state index in [-0.39, 0.29) is 0 Å². The Morgan fingerprint density at radius 2 is 1.81 bits per heavy atom. The van der Waals surface area contributed by atoms with Gasteiger partial charge in [-0.05, 0) is 48.0 Å². The van der Waals surface area contributed by atoms with Crippen molar-refractivity contribution in [1.29, 1.82) is 0 Å². The van der Waals surface area contributed by atoms with Gasteiger partial charge in [-0.25, -0.2) is 9.97 Å². The molecule has 128 valence electrons. The predicted octanol–water partition coefficient (Wildman–Crippen LogP) is 5.92. The molecule has 0 amide bonds. The van der Waals surface area contributed by atoms with Crippen LogP contribution in [-0.2, 0) is 0 Å². The lowest BCUT2D eigenvalue weighted by Gasteiger charge is -2.02. The number of rotatable bonds is 4. The Kier molecular flexibility index (Phi) is 4.61. The van der Waals surface area contributed by atoms with Gasteiger partial charge in [0, 0.05) is 28.7 Å². The normalized spacial score (nSPS) is 11.7. The van der Waals surface area contributed by atoms with Crippen molar-refractivity contribution in [2.45, 2.75) is 0 Å². The Morgan fingerprint density at radius 1 is 1.04 bits per heavy atom. The summed E-state index contributed by atoms with van der Waals surface area (Å²) in [6.07, 6.45) is 8.85. The summed E-state index contributed by atoms with van der Waals surface area (Å²) in [5.41, 5.74) is 2.87. The van der Waals surface area contributed by atoms with Crippen LogP contribution in [0.4, 0.5) is 0 Å². The van der Waals surface area contributed by atoms with Crippen LogP contribution in [0.25, 0.3) is 28.1 Å². The fourth-order valence-corrected chi connectivity index (χ4v) is 2.83. The maximum Gasteiger partial charge on any atom is 0.238 e. The summed E-state index contributed by atoms with van der Waals surface area (Å²) in [4.78, 5) is 8.30. The number of benzene rings is 2. The largest absolute Gasteiger partial charge is 0.435 e. The number of aromatic nitrogens is 3. The summed E-state index contributed by atoms with van der Waals surface area (Å²) in [5, 5.41) is 1.10. The van der Waals surface area contributed by atoms with Gasteiger partial charge in [0.05, 0.1) is 12.5 Å². The fraction of sp³-hybridized carbons (Fsp3) is 0.